The predicted octanol–water partition coefficient (Wildman–Crippen LogP) is 3.96. The first-order chi connectivity index (χ1) is 15.7. The van der Waals surface area contributed by atoms with E-state index in [1.165, 1.54) is 37.6 Å². The summed E-state index contributed by atoms with van der Waals surface area (Å²) in [5.74, 6) is -0.529. The van der Waals surface area contributed by atoms with E-state index < -0.39 is 16.0 Å². The van der Waals surface area contributed by atoms with Crippen LogP contribution in [-0.4, -0.2) is 31.6 Å². The second-order valence-corrected chi connectivity index (χ2v) is 8.38. The summed E-state index contributed by atoms with van der Waals surface area (Å²) in [6.45, 7) is 1.69. The molecule has 0 spiro atoms. The number of methoxy groups -OCH3 is 1. The molecule has 0 unspecified atom stereocenters. The molecular weight excluding hydrogens is 446 g/mol. The highest BCUT2D eigenvalue weighted by atomic mass is 32.2. The van der Waals surface area contributed by atoms with E-state index in [9.17, 15) is 13.2 Å². The van der Waals surface area contributed by atoms with Crippen LogP contribution in [-0.2, 0) is 14.8 Å². The molecular formula is C23H19N3O6S. The number of rotatable bonds is 8. The highest BCUT2D eigenvalue weighted by Crippen LogP contribution is 2.31. The van der Waals surface area contributed by atoms with Crippen LogP contribution < -0.4 is 14.2 Å². The number of pyridine rings is 1. The van der Waals surface area contributed by atoms with Gasteiger partial charge in [0.15, 0.2) is 0 Å². The number of carbonyl (C=O) groups is 1. The van der Waals surface area contributed by atoms with E-state index in [1.54, 1.807) is 37.3 Å². The van der Waals surface area contributed by atoms with Crippen molar-refractivity contribution in [3.63, 3.8) is 0 Å². The molecule has 0 aliphatic heterocycles. The second kappa shape index (κ2) is 9.84. The van der Waals surface area contributed by atoms with Crippen molar-refractivity contribution < 1.29 is 27.8 Å². The molecule has 1 heterocycles. The Morgan fingerprint density at radius 2 is 2.00 bits per heavy atom. The van der Waals surface area contributed by atoms with Crippen LogP contribution in [0.2, 0.25) is 0 Å². The van der Waals surface area contributed by atoms with Gasteiger partial charge in [-0.2, -0.15) is 5.26 Å². The number of carboxylic acids is 1. The third-order valence-electron chi connectivity index (χ3n) is 4.44. The van der Waals surface area contributed by atoms with E-state index in [2.05, 4.69) is 9.71 Å². The number of ether oxygens (including phenoxy) is 2. The standard InChI is InChI=1S/C23H19N3O6S/c1-15-12-18(32-23-17(14-24)4-3-11-25-23)7-8-19(15)26-33(29,30)21-13-16(6-10-22(27)28)5-9-20(21)31-2/h3-13,26H,1-2H3,(H,27,28)/b10-6+. The normalized spacial score (nSPS) is 11.1. The maximum absolute atomic E-state index is 13.1. The van der Waals surface area contributed by atoms with Gasteiger partial charge in [-0.05, 0) is 66.6 Å². The van der Waals surface area contributed by atoms with Gasteiger partial charge in [0, 0.05) is 12.3 Å². The fourth-order valence-electron chi connectivity index (χ4n) is 2.86. The third-order valence-corrected chi connectivity index (χ3v) is 5.83. The molecule has 3 rings (SSSR count). The zero-order chi connectivity index (χ0) is 24.0. The first-order valence-corrected chi connectivity index (χ1v) is 11.0. The molecule has 1 aromatic heterocycles. The largest absolute Gasteiger partial charge is 0.495 e. The van der Waals surface area contributed by atoms with Crippen molar-refractivity contribution in [2.75, 3.05) is 11.8 Å². The van der Waals surface area contributed by atoms with E-state index in [0.29, 0.717) is 22.6 Å². The van der Waals surface area contributed by atoms with Crippen LogP contribution in [0.4, 0.5) is 5.69 Å². The zero-order valence-corrected chi connectivity index (χ0v) is 18.5. The van der Waals surface area contributed by atoms with Gasteiger partial charge in [-0.15, -0.1) is 0 Å². The number of aromatic nitrogens is 1. The molecule has 0 saturated heterocycles. The van der Waals surface area contributed by atoms with Gasteiger partial charge in [0.2, 0.25) is 5.88 Å². The second-order valence-electron chi connectivity index (χ2n) is 6.73. The lowest BCUT2D eigenvalue weighted by Gasteiger charge is -2.15. The number of nitriles is 1. The fraction of sp³-hybridized carbons (Fsp3) is 0.0870. The number of carboxylic acid groups (broad SMARTS) is 1. The van der Waals surface area contributed by atoms with E-state index in [1.807, 2.05) is 6.07 Å². The Kier molecular flexibility index (Phi) is 6.95. The van der Waals surface area contributed by atoms with Gasteiger partial charge in [-0.25, -0.2) is 18.2 Å². The lowest BCUT2D eigenvalue weighted by molar-refractivity contribution is -0.131. The van der Waals surface area contributed by atoms with Crippen LogP contribution in [0.1, 0.15) is 16.7 Å². The van der Waals surface area contributed by atoms with E-state index in [0.717, 1.165) is 6.08 Å². The molecule has 0 atom stereocenters. The van der Waals surface area contributed by atoms with E-state index in [4.69, 9.17) is 19.8 Å². The average Bonchev–Trinajstić information content (AvgIpc) is 2.79. The third kappa shape index (κ3) is 5.66. The Balaban J connectivity index is 1.89. The van der Waals surface area contributed by atoms with Crippen molar-refractivity contribution in [3.8, 4) is 23.4 Å². The Morgan fingerprint density at radius 1 is 1.21 bits per heavy atom. The molecule has 0 aliphatic rings. The molecule has 0 saturated carbocycles. The summed E-state index contributed by atoms with van der Waals surface area (Å²) in [7, 11) is -2.74. The van der Waals surface area contributed by atoms with Crippen LogP contribution in [0.3, 0.4) is 0 Å². The molecule has 0 amide bonds. The van der Waals surface area contributed by atoms with Gasteiger partial charge in [0.05, 0.1) is 12.8 Å². The Bertz CT molecular complexity index is 1380. The maximum Gasteiger partial charge on any atom is 0.328 e. The summed E-state index contributed by atoms with van der Waals surface area (Å²) in [5.41, 5.74) is 1.51. The summed E-state index contributed by atoms with van der Waals surface area (Å²) in [6.07, 6.45) is 3.69. The van der Waals surface area contributed by atoms with Crippen molar-refractivity contribution in [1.82, 2.24) is 4.98 Å². The quantitative estimate of drug-likeness (QED) is 0.477. The number of aryl methyl sites for hydroxylation is 1. The number of aliphatic carboxylic acids is 1. The molecule has 33 heavy (non-hydrogen) atoms. The number of nitrogens with one attached hydrogen (secondary N) is 1. The maximum atomic E-state index is 13.1. The number of hydrogen-bond donors (Lipinski definition) is 2. The molecule has 10 heteroatoms. The number of anilines is 1. The lowest BCUT2D eigenvalue weighted by atomic mass is 10.2. The summed E-state index contributed by atoms with van der Waals surface area (Å²) in [4.78, 5) is 14.7. The van der Waals surface area contributed by atoms with Crippen molar-refractivity contribution >= 4 is 27.8 Å². The van der Waals surface area contributed by atoms with Gasteiger partial charge in [-0.1, -0.05) is 6.07 Å². The van der Waals surface area contributed by atoms with Crippen LogP contribution in [0, 0.1) is 18.3 Å². The minimum atomic E-state index is -4.07. The first-order valence-electron chi connectivity index (χ1n) is 9.49. The Morgan fingerprint density at radius 3 is 2.67 bits per heavy atom. The number of hydrogen-bond acceptors (Lipinski definition) is 7. The number of nitrogens with zero attached hydrogens (tertiary/aromatic N) is 2. The minimum Gasteiger partial charge on any atom is -0.495 e. The van der Waals surface area contributed by atoms with Crippen LogP contribution >= 0.6 is 0 Å². The van der Waals surface area contributed by atoms with Crippen molar-refractivity contribution in [1.29, 1.82) is 5.26 Å². The molecule has 0 bridgehead atoms. The summed E-state index contributed by atoms with van der Waals surface area (Å²) < 4.78 is 39.5. The molecule has 2 aromatic carbocycles. The monoisotopic (exact) mass is 465 g/mol. The summed E-state index contributed by atoms with van der Waals surface area (Å²) in [5, 5.41) is 18.0. The van der Waals surface area contributed by atoms with Crippen molar-refractivity contribution in [2.24, 2.45) is 0 Å². The van der Waals surface area contributed by atoms with Crippen molar-refractivity contribution in [2.45, 2.75) is 11.8 Å². The predicted molar refractivity (Wildman–Crippen MR) is 121 cm³/mol. The average molecular weight is 465 g/mol. The van der Waals surface area contributed by atoms with Gasteiger partial charge in [-0.3, -0.25) is 4.72 Å². The highest BCUT2D eigenvalue weighted by molar-refractivity contribution is 7.92. The lowest BCUT2D eigenvalue weighted by Crippen LogP contribution is -2.15. The van der Waals surface area contributed by atoms with Gasteiger partial charge in [0.1, 0.15) is 28.0 Å². The molecule has 168 valence electrons. The van der Waals surface area contributed by atoms with Gasteiger partial charge >= 0.3 is 5.97 Å². The van der Waals surface area contributed by atoms with Gasteiger partial charge < -0.3 is 14.6 Å². The minimum absolute atomic E-state index is 0.103. The molecule has 0 fully saturated rings. The molecule has 0 aliphatic carbocycles. The molecule has 9 nitrogen and oxygen atoms in total. The number of sulfonamides is 1. The van der Waals surface area contributed by atoms with E-state index in [-0.39, 0.29) is 22.1 Å². The molecule has 3 aromatic rings. The fourth-order valence-corrected chi connectivity index (χ4v) is 4.19. The van der Waals surface area contributed by atoms with Crippen LogP contribution in [0.5, 0.6) is 17.4 Å². The highest BCUT2D eigenvalue weighted by Gasteiger charge is 2.21. The zero-order valence-electron chi connectivity index (χ0n) is 17.6. The smallest absolute Gasteiger partial charge is 0.328 e. The Labute approximate surface area is 190 Å². The summed E-state index contributed by atoms with van der Waals surface area (Å²) in [6, 6.07) is 14.2. The molecule has 2 N–H and O–H groups in total. The summed E-state index contributed by atoms with van der Waals surface area (Å²) >= 11 is 0. The number of benzene rings is 2. The van der Waals surface area contributed by atoms with E-state index >= 15 is 0 Å². The van der Waals surface area contributed by atoms with Gasteiger partial charge in [0.25, 0.3) is 10.0 Å². The van der Waals surface area contributed by atoms with Crippen molar-refractivity contribution in [3.05, 3.63) is 77.5 Å². The topological polar surface area (TPSA) is 139 Å². The first kappa shape index (κ1) is 23.3. The molecule has 0 radical (unpaired) electrons. The van der Waals surface area contributed by atoms with Crippen LogP contribution in [0.25, 0.3) is 6.08 Å². The SMILES string of the molecule is COc1ccc(/C=C/C(=O)O)cc1S(=O)(=O)Nc1ccc(Oc2ncccc2C#N)cc1C. The van der Waals surface area contributed by atoms with Crippen LogP contribution in [0.15, 0.2) is 65.7 Å². The Hall–Kier alpha value is -4.36.